The predicted molar refractivity (Wildman–Crippen MR) is 75.0 cm³/mol. The molecule has 0 amide bonds. The predicted octanol–water partition coefficient (Wildman–Crippen LogP) is 3.72. The first-order valence-electron chi connectivity index (χ1n) is 7.02. The molecule has 2 rings (SSSR count). The quantitative estimate of drug-likeness (QED) is 0.862. The maximum atomic E-state index is 5.11. The van der Waals surface area contributed by atoms with Gasteiger partial charge in [0.2, 0.25) is 5.88 Å². The first-order chi connectivity index (χ1) is 8.78. The number of nitrogens with one attached hydrogen (secondary N) is 1. The molecule has 1 fully saturated rings. The largest absolute Gasteiger partial charge is 0.481 e. The van der Waals surface area contributed by atoms with Gasteiger partial charge >= 0.3 is 0 Å². The van der Waals surface area contributed by atoms with Crippen LogP contribution in [-0.4, -0.2) is 18.6 Å². The zero-order valence-electron chi connectivity index (χ0n) is 11.5. The molecule has 0 aliphatic heterocycles. The highest BCUT2D eigenvalue weighted by molar-refractivity contribution is 5.44. The molecule has 1 aromatic rings. The molecule has 0 spiro atoms. The van der Waals surface area contributed by atoms with E-state index in [9.17, 15) is 0 Å². The van der Waals surface area contributed by atoms with Crippen LogP contribution in [0.25, 0.3) is 0 Å². The third-order valence-electron chi connectivity index (χ3n) is 3.87. The maximum Gasteiger partial charge on any atom is 0.214 e. The van der Waals surface area contributed by atoms with Gasteiger partial charge in [-0.15, -0.1) is 0 Å². The fraction of sp³-hybridized carbons (Fsp3) is 0.667. The number of hydrogen-bond donors (Lipinski definition) is 1. The zero-order valence-corrected chi connectivity index (χ0v) is 11.5. The van der Waals surface area contributed by atoms with Crippen LogP contribution in [0.15, 0.2) is 18.3 Å². The Morgan fingerprint density at radius 3 is 3.11 bits per heavy atom. The number of hydrogen-bond acceptors (Lipinski definition) is 3. The smallest absolute Gasteiger partial charge is 0.214 e. The zero-order chi connectivity index (χ0) is 12.8. The van der Waals surface area contributed by atoms with E-state index < -0.39 is 0 Å². The van der Waals surface area contributed by atoms with Crippen molar-refractivity contribution in [3.05, 3.63) is 18.3 Å². The lowest BCUT2D eigenvalue weighted by molar-refractivity contribution is 0.274. The summed E-state index contributed by atoms with van der Waals surface area (Å²) in [4.78, 5) is 4.10. The molecule has 0 saturated heterocycles. The molecular weight excluding hydrogens is 224 g/mol. The molecule has 3 nitrogen and oxygen atoms in total. The molecule has 0 bridgehead atoms. The van der Waals surface area contributed by atoms with Gasteiger partial charge in [0.15, 0.2) is 0 Å². The molecule has 2 atom stereocenters. The molecule has 18 heavy (non-hydrogen) atoms. The van der Waals surface area contributed by atoms with Crippen molar-refractivity contribution in [2.75, 3.05) is 19.0 Å². The average molecular weight is 248 g/mol. The summed E-state index contributed by atoms with van der Waals surface area (Å²) >= 11 is 0. The fourth-order valence-electron chi connectivity index (χ4n) is 2.87. The highest BCUT2D eigenvalue weighted by Crippen LogP contribution is 2.30. The summed E-state index contributed by atoms with van der Waals surface area (Å²) in [7, 11) is 1.65. The van der Waals surface area contributed by atoms with Gasteiger partial charge in [0.1, 0.15) is 0 Å². The molecule has 0 radical (unpaired) electrons. The van der Waals surface area contributed by atoms with Crippen LogP contribution in [0.2, 0.25) is 0 Å². The summed E-state index contributed by atoms with van der Waals surface area (Å²) in [5.41, 5.74) is 1.10. The van der Waals surface area contributed by atoms with E-state index in [4.69, 9.17) is 4.74 Å². The number of ether oxygens (including phenoxy) is 1. The van der Waals surface area contributed by atoms with Crippen LogP contribution in [0.3, 0.4) is 0 Å². The van der Waals surface area contributed by atoms with Crippen LogP contribution in [0, 0.1) is 11.8 Å². The van der Waals surface area contributed by atoms with Gasteiger partial charge < -0.3 is 10.1 Å². The summed E-state index contributed by atoms with van der Waals surface area (Å²) in [6.07, 6.45) is 8.70. The van der Waals surface area contributed by atoms with Gasteiger partial charge in [-0.3, -0.25) is 0 Å². The lowest BCUT2D eigenvalue weighted by Gasteiger charge is -2.26. The van der Waals surface area contributed by atoms with E-state index in [0.717, 1.165) is 24.1 Å². The highest BCUT2D eigenvalue weighted by Gasteiger charge is 2.18. The minimum atomic E-state index is 0.672. The van der Waals surface area contributed by atoms with Gasteiger partial charge in [0.05, 0.1) is 7.11 Å². The number of rotatable bonds is 5. The SMILES string of the molecule is COc1cc(NCCC2CCCC(C)C2)ccn1. The van der Waals surface area contributed by atoms with E-state index in [1.54, 1.807) is 13.3 Å². The maximum absolute atomic E-state index is 5.11. The highest BCUT2D eigenvalue weighted by atomic mass is 16.5. The van der Waals surface area contributed by atoms with Crippen molar-refractivity contribution >= 4 is 5.69 Å². The lowest BCUT2D eigenvalue weighted by atomic mass is 9.81. The molecule has 3 heteroatoms. The first-order valence-corrected chi connectivity index (χ1v) is 7.02. The fourth-order valence-corrected chi connectivity index (χ4v) is 2.87. The minimum absolute atomic E-state index is 0.672. The standard InChI is InChI=1S/C15H24N2O/c1-12-4-3-5-13(10-12)6-8-16-14-7-9-17-15(11-14)18-2/h7,9,11-13H,3-6,8,10H2,1-2H3,(H,16,17). The van der Waals surface area contributed by atoms with Gasteiger partial charge in [-0.2, -0.15) is 0 Å². The summed E-state index contributed by atoms with van der Waals surface area (Å²) in [5, 5.41) is 3.46. The molecule has 1 aliphatic rings. The molecule has 1 saturated carbocycles. The number of nitrogens with zero attached hydrogens (tertiary/aromatic N) is 1. The number of anilines is 1. The molecule has 1 N–H and O–H groups in total. The van der Waals surface area contributed by atoms with Crippen molar-refractivity contribution in [3.8, 4) is 5.88 Å². The van der Waals surface area contributed by atoms with E-state index in [-0.39, 0.29) is 0 Å². The summed E-state index contributed by atoms with van der Waals surface area (Å²) in [5.74, 6) is 2.50. The Labute approximate surface area is 110 Å². The van der Waals surface area contributed by atoms with Gasteiger partial charge in [0.25, 0.3) is 0 Å². The Morgan fingerprint density at radius 2 is 2.33 bits per heavy atom. The average Bonchev–Trinajstić information content (AvgIpc) is 2.39. The van der Waals surface area contributed by atoms with Crippen LogP contribution in [-0.2, 0) is 0 Å². The second-order valence-corrected chi connectivity index (χ2v) is 5.44. The Balaban J connectivity index is 1.74. The first kappa shape index (κ1) is 13.2. The molecule has 0 aromatic carbocycles. The van der Waals surface area contributed by atoms with E-state index in [2.05, 4.69) is 17.2 Å². The lowest BCUT2D eigenvalue weighted by Crippen LogP contribution is -2.16. The second kappa shape index (κ2) is 6.62. The molecule has 1 aliphatic carbocycles. The molecular formula is C15H24N2O. The van der Waals surface area contributed by atoms with Crippen LogP contribution in [0.4, 0.5) is 5.69 Å². The van der Waals surface area contributed by atoms with E-state index >= 15 is 0 Å². The molecule has 100 valence electrons. The van der Waals surface area contributed by atoms with Crippen LogP contribution in [0.5, 0.6) is 5.88 Å². The van der Waals surface area contributed by atoms with E-state index in [1.165, 1.54) is 32.1 Å². The number of pyridine rings is 1. The third-order valence-corrected chi connectivity index (χ3v) is 3.87. The van der Waals surface area contributed by atoms with E-state index in [0.29, 0.717) is 5.88 Å². The second-order valence-electron chi connectivity index (χ2n) is 5.44. The van der Waals surface area contributed by atoms with Crippen molar-refractivity contribution in [1.29, 1.82) is 0 Å². The number of aromatic nitrogens is 1. The van der Waals surface area contributed by atoms with Crippen LogP contribution in [0.1, 0.15) is 39.0 Å². The van der Waals surface area contributed by atoms with Crippen LogP contribution < -0.4 is 10.1 Å². The molecule has 1 heterocycles. The Morgan fingerprint density at radius 1 is 1.44 bits per heavy atom. The molecule has 2 unspecified atom stereocenters. The summed E-state index contributed by atoms with van der Waals surface area (Å²) < 4.78 is 5.11. The Hall–Kier alpha value is -1.25. The minimum Gasteiger partial charge on any atom is -0.481 e. The molecule has 1 aromatic heterocycles. The van der Waals surface area contributed by atoms with Crippen LogP contribution >= 0.6 is 0 Å². The Kier molecular flexibility index (Phi) is 4.85. The normalized spacial score (nSPS) is 23.7. The van der Waals surface area contributed by atoms with Gasteiger partial charge in [-0.1, -0.05) is 26.2 Å². The van der Waals surface area contributed by atoms with Gasteiger partial charge in [-0.25, -0.2) is 4.98 Å². The Bertz CT molecular complexity index is 367. The number of methoxy groups -OCH3 is 1. The monoisotopic (exact) mass is 248 g/mol. The van der Waals surface area contributed by atoms with Crippen molar-refractivity contribution < 1.29 is 4.74 Å². The summed E-state index contributed by atoms with van der Waals surface area (Å²) in [6, 6.07) is 3.94. The van der Waals surface area contributed by atoms with Crippen molar-refractivity contribution in [1.82, 2.24) is 4.98 Å². The van der Waals surface area contributed by atoms with Crippen molar-refractivity contribution in [3.63, 3.8) is 0 Å². The van der Waals surface area contributed by atoms with Crippen molar-refractivity contribution in [2.45, 2.75) is 39.0 Å². The third kappa shape index (κ3) is 3.90. The topological polar surface area (TPSA) is 34.1 Å². The van der Waals surface area contributed by atoms with Gasteiger partial charge in [-0.05, 0) is 30.7 Å². The van der Waals surface area contributed by atoms with E-state index in [1.807, 2.05) is 12.1 Å². The van der Waals surface area contributed by atoms with Crippen molar-refractivity contribution in [2.24, 2.45) is 11.8 Å². The van der Waals surface area contributed by atoms with Gasteiger partial charge in [0, 0.05) is 24.5 Å². The summed E-state index contributed by atoms with van der Waals surface area (Å²) in [6.45, 7) is 3.43.